The Morgan fingerprint density at radius 1 is 1.21 bits per heavy atom. The Balaban J connectivity index is 3.19. The van der Waals surface area contributed by atoms with Gasteiger partial charge in [0.2, 0.25) is 5.78 Å². The Kier molecular flexibility index (Phi) is 3.39. The highest BCUT2D eigenvalue weighted by Crippen LogP contribution is 2.25. The lowest BCUT2D eigenvalue weighted by Gasteiger charge is -2.02. The van der Waals surface area contributed by atoms with Crippen molar-refractivity contribution in [1.82, 2.24) is 0 Å². The minimum Gasteiger partial charge on any atom is -0.288 e. The zero-order valence-electron chi connectivity index (χ0n) is 6.53. The van der Waals surface area contributed by atoms with Crippen molar-refractivity contribution in [3.63, 3.8) is 0 Å². The number of alkyl halides is 2. The summed E-state index contributed by atoms with van der Waals surface area (Å²) in [6.07, 6.45) is -3.16. The fourth-order valence-corrected chi connectivity index (χ4v) is 1.31. The van der Waals surface area contributed by atoms with Crippen molar-refractivity contribution in [1.29, 1.82) is 0 Å². The monoisotopic (exact) mass is 242 g/mol. The fourth-order valence-electron chi connectivity index (χ4n) is 0.824. The molecule has 0 amide bonds. The molecule has 6 heteroatoms. The van der Waals surface area contributed by atoms with E-state index in [-0.39, 0.29) is 0 Å². The van der Waals surface area contributed by atoms with E-state index in [9.17, 15) is 18.0 Å². The molecule has 0 aliphatic rings. The number of rotatable bonds is 2. The molecule has 0 radical (unpaired) electrons. The van der Waals surface area contributed by atoms with Gasteiger partial charge in [-0.1, -0.05) is 23.2 Å². The highest BCUT2D eigenvalue weighted by atomic mass is 35.5. The van der Waals surface area contributed by atoms with Gasteiger partial charge in [-0.15, -0.1) is 0 Å². The second-order valence-electron chi connectivity index (χ2n) is 2.42. The number of halogens is 5. The zero-order chi connectivity index (χ0) is 10.9. The quantitative estimate of drug-likeness (QED) is 0.573. The van der Waals surface area contributed by atoms with E-state index in [1.807, 2.05) is 0 Å². The van der Waals surface area contributed by atoms with Gasteiger partial charge in [0, 0.05) is 5.56 Å². The molecule has 76 valence electrons. The maximum absolute atomic E-state index is 12.8. The lowest BCUT2D eigenvalue weighted by molar-refractivity contribution is 0.0678. The Bertz CT molecular complexity index is 356. The van der Waals surface area contributed by atoms with Crippen LogP contribution in [0.2, 0.25) is 10.0 Å². The minimum atomic E-state index is -3.16. The number of hydrogen-bond donors (Lipinski definition) is 0. The standard InChI is InChI=1S/C8H3Cl2F3O/c9-4-1-3(7(14)8(12)13)2-5(10)6(4)11/h1-2,8H. The summed E-state index contributed by atoms with van der Waals surface area (Å²) < 4.78 is 36.7. The summed E-state index contributed by atoms with van der Waals surface area (Å²) in [6, 6.07) is 1.63. The molecule has 0 N–H and O–H groups in total. The van der Waals surface area contributed by atoms with E-state index in [1.54, 1.807) is 0 Å². The first-order chi connectivity index (χ1) is 6.43. The molecule has 1 aromatic carbocycles. The third-order valence-corrected chi connectivity index (χ3v) is 2.02. The molecule has 0 atom stereocenters. The van der Waals surface area contributed by atoms with E-state index in [4.69, 9.17) is 23.2 Å². The molecule has 1 nitrogen and oxygen atoms in total. The Hall–Kier alpha value is -0.740. The van der Waals surface area contributed by atoms with Gasteiger partial charge in [-0.2, -0.15) is 0 Å². The Labute approximate surface area is 87.4 Å². The lowest BCUT2D eigenvalue weighted by Crippen LogP contribution is -2.10. The van der Waals surface area contributed by atoms with Gasteiger partial charge < -0.3 is 0 Å². The molecular formula is C8H3Cl2F3O. The van der Waals surface area contributed by atoms with Crippen LogP contribution in [0.4, 0.5) is 13.2 Å². The Morgan fingerprint density at radius 2 is 1.64 bits per heavy atom. The summed E-state index contributed by atoms with van der Waals surface area (Å²) in [5, 5.41) is -0.914. The van der Waals surface area contributed by atoms with Crippen LogP contribution >= 0.6 is 23.2 Å². The summed E-state index contributed by atoms with van der Waals surface area (Å²) in [5.41, 5.74) is -0.406. The van der Waals surface area contributed by atoms with Crippen LogP contribution in [0.1, 0.15) is 10.4 Å². The number of carbonyl (C=O) groups is 1. The molecule has 0 spiro atoms. The first-order valence-electron chi connectivity index (χ1n) is 3.40. The van der Waals surface area contributed by atoms with Crippen molar-refractivity contribution in [2.24, 2.45) is 0 Å². The van der Waals surface area contributed by atoms with Crippen LogP contribution in [-0.4, -0.2) is 12.2 Å². The zero-order valence-corrected chi connectivity index (χ0v) is 8.04. The molecule has 0 unspecified atom stereocenters. The van der Waals surface area contributed by atoms with Gasteiger partial charge in [-0.3, -0.25) is 4.79 Å². The molecule has 14 heavy (non-hydrogen) atoms. The van der Waals surface area contributed by atoms with E-state index in [1.165, 1.54) is 0 Å². The third kappa shape index (κ3) is 2.19. The summed E-state index contributed by atoms with van der Waals surface area (Å²) in [7, 11) is 0. The van der Waals surface area contributed by atoms with Crippen molar-refractivity contribution in [3.05, 3.63) is 33.6 Å². The van der Waals surface area contributed by atoms with Gasteiger partial charge in [-0.05, 0) is 12.1 Å². The van der Waals surface area contributed by atoms with E-state index in [0.717, 1.165) is 12.1 Å². The second-order valence-corrected chi connectivity index (χ2v) is 3.23. The third-order valence-electron chi connectivity index (χ3n) is 1.47. The van der Waals surface area contributed by atoms with E-state index < -0.39 is 33.6 Å². The van der Waals surface area contributed by atoms with Crippen LogP contribution in [0.15, 0.2) is 12.1 Å². The van der Waals surface area contributed by atoms with Crippen molar-refractivity contribution >= 4 is 29.0 Å². The average molecular weight is 243 g/mol. The predicted octanol–water partition coefficient (Wildman–Crippen LogP) is 3.58. The predicted molar refractivity (Wildman–Crippen MR) is 46.8 cm³/mol. The van der Waals surface area contributed by atoms with Gasteiger partial charge in [0.15, 0.2) is 5.82 Å². The number of Topliss-reactive ketones (excluding diaryl/α,β-unsaturated/α-hetero) is 1. The number of carbonyl (C=O) groups excluding carboxylic acids is 1. The summed E-state index contributed by atoms with van der Waals surface area (Å²) in [5.74, 6) is -2.37. The molecule has 0 fully saturated rings. The first kappa shape index (κ1) is 11.3. The van der Waals surface area contributed by atoms with Crippen LogP contribution < -0.4 is 0 Å². The van der Waals surface area contributed by atoms with E-state index in [0.29, 0.717) is 0 Å². The van der Waals surface area contributed by atoms with Crippen molar-refractivity contribution < 1.29 is 18.0 Å². The number of hydrogen-bond acceptors (Lipinski definition) is 1. The molecule has 0 saturated carbocycles. The van der Waals surface area contributed by atoms with Crippen molar-refractivity contribution in [3.8, 4) is 0 Å². The second kappa shape index (κ2) is 4.19. The van der Waals surface area contributed by atoms with Crippen LogP contribution in [-0.2, 0) is 0 Å². The first-order valence-corrected chi connectivity index (χ1v) is 4.16. The van der Waals surface area contributed by atoms with Gasteiger partial charge >= 0.3 is 6.43 Å². The molecule has 0 aliphatic carbocycles. The van der Waals surface area contributed by atoms with Gasteiger partial charge in [0.1, 0.15) is 0 Å². The molecule has 1 rings (SSSR count). The molecule has 1 aromatic rings. The highest BCUT2D eigenvalue weighted by Gasteiger charge is 2.20. The van der Waals surface area contributed by atoms with Crippen LogP contribution in [0.5, 0.6) is 0 Å². The largest absolute Gasteiger partial charge is 0.300 e. The van der Waals surface area contributed by atoms with Gasteiger partial charge in [0.05, 0.1) is 10.0 Å². The molecule has 0 saturated heterocycles. The fraction of sp³-hybridized carbons (Fsp3) is 0.125. The van der Waals surface area contributed by atoms with Crippen LogP contribution in [0, 0.1) is 5.82 Å². The smallest absolute Gasteiger partial charge is 0.288 e. The maximum Gasteiger partial charge on any atom is 0.300 e. The molecular weight excluding hydrogens is 240 g/mol. The number of benzene rings is 1. The Morgan fingerprint density at radius 3 is 2.00 bits per heavy atom. The van der Waals surface area contributed by atoms with Gasteiger partial charge in [0.25, 0.3) is 0 Å². The lowest BCUT2D eigenvalue weighted by atomic mass is 10.1. The summed E-state index contributed by atoms with van der Waals surface area (Å²) in [6.45, 7) is 0. The average Bonchev–Trinajstić information content (AvgIpc) is 2.12. The van der Waals surface area contributed by atoms with E-state index in [2.05, 4.69) is 0 Å². The normalized spacial score (nSPS) is 10.7. The number of ketones is 1. The van der Waals surface area contributed by atoms with Crippen molar-refractivity contribution in [2.45, 2.75) is 6.43 Å². The molecule has 0 heterocycles. The molecule has 0 aromatic heterocycles. The minimum absolute atomic E-state index is 0.406. The van der Waals surface area contributed by atoms with Gasteiger partial charge in [-0.25, -0.2) is 13.2 Å². The topological polar surface area (TPSA) is 17.1 Å². The van der Waals surface area contributed by atoms with Crippen LogP contribution in [0.3, 0.4) is 0 Å². The summed E-state index contributed by atoms with van der Waals surface area (Å²) in [4.78, 5) is 10.8. The SMILES string of the molecule is O=C(c1cc(Cl)c(F)c(Cl)c1)C(F)F. The van der Waals surface area contributed by atoms with Crippen molar-refractivity contribution in [2.75, 3.05) is 0 Å². The molecule has 0 aliphatic heterocycles. The molecule has 0 bridgehead atoms. The maximum atomic E-state index is 12.8. The highest BCUT2D eigenvalue weighted by molar-refractivity contribution is 6.35. The van der Waals surface area contributed by atoms with Crippen LogP contribution in [0.25, 0.3) is 0 Å². The van der Waals surface area contributed by atoms with E-state index >= 15 is 0 Å². The summed E-state index contributed by atoms with van der Waals surface area (Å²) >= 11 is 10.6.